The Labute approximate surface area is 138 Å². The van der Waals surface area contributed by atoms with Crippen molar-refractivity contribution < 1.29 is 14.0 Å². The molecule has 2 heterocycles. The third kappa shape index (κ3) is 4.03. The second-order valence-corrected chi connectivity index (χ2v) is 5.53. The van der Waals surface area contributed by atoms with Crippen LogP contribution in [0.4, 0.5) is 4.79 Å². The number of rotatable bonds is 3. The zero-order valence-electron chi connectivity index (χ0n) is 14.0. The Hall–Kier alpha value is -3.03. The molecule has 128 valence electrons. The number of aryl methyl sites for hydroxylation is 4. The Bertz CT molecular complexity index is 835. The maximum atomic E-state index is 11.9. The molecule has 0 saturated carbocycles. The molecular weight excluding hydrogens is 312 g/mol. The minimum Gasteiger partial charge on any atom is -0.466 e. The monoisotopic (exact) mass is 332 g/mol. The molecule has 0 spiro atoms. The van der Waals surface area contributed by atoms with E-state index in [1.165, 1.54) is 0 Å². The summed E-state index contributed by atoms with van der Waals surface area (Å²) in [7, 11) is 0. The van der Waals surface area contributed by atoms with Gasteiger partial charge in [0.2, 0.25) is 0 Å². The molecule has 0 unspecified atom stereocenters. The van der Waals surface area contributed by atoms with Gasteiger partial charge >= 0.3 is 6.03 Å². The van der Waals surface area contributed by atoms with E-state index in [-0.39, 0.29) is 12.1 Å². The number of aromatic amines is 1. The van der Waals surface area contributed by atoms with Gasteiger partial charge in [-0.15, -0.1) is 0 Å². The number of amides is 3. The lowest BCUT2D eigenvalue weighted by atomic mass is 10.1. The van der Waals surface area contributed by atoms with Crippen LogP contribution < -0.4 is 21.7 Å². The quantitative estimate of drug-likeness (QED) is 0.635. The summed E-state index contributed by atoms with van der Waals surface area (Å²) in [5.41, 5.74) is 6.61. The summed E-state index contributed by atoms with van der Waals surface area (Å²) in [6.45, 7) is 7.02. The lowest BCUT2D eigenvalue weighted by Crippen LogP contribution is -2.47. The van der Waals surface area contributed by atoms with Crippen LogP contribution >= 0.6 is 0 Å². The van der Waals surface area contributed by atoms with Crippen molar-refractivity contribution >= 4 is 11.9 Å². The molecule has 0 aromatic carbocycles. The van der Waals surface area contributed by atoms with Crippen LogP contribution in [0.15, 0.2) is 21.3 Å². The van der Waals surface area contributed by atoms with Crippen LogP contribution in [0.3, 0.4) is 0 Å². The second kappa shape index (κ2) is 7.03. The van der Waals surface area contributed by atoms with Crippen molar-refractivity contribution in [3.8, 4) is 0 Å². The van der Waals surface area contributed by atoms with Gasteiger partial charge in [0.25, 0.3) is 11.5 Å². The normalized spacial score (nSPS) is 10.3. The van der Waals surface area contributed by atoms with Gasteiger partial charge in [-0.3, -0.25) is 15.0 Å². The van der Waals surface area contributed by atoms with Gasteiger partial charge in [-0.1, -0.05) is 0 Å². The Morgan fingerprint density at radius 1 is 1.12 bits per heavy atom. The molecular formula is C16H20N4O4. The van der Waals surface area contributed by atoms with Crippen LogP contribution in [-0.2, 0) is 6.54 Å². The summed E-state index contributed by atoms with van der Waals surface area (Å²) in [5, 5.41) is 2.52. The van der Waals surface area contributed by atoms with E-state index >= 15 is 0 Å². The maximum Gasteiger partial charge on any atom is 0.333 e. The van der Waals surface area contributed by atoms with E-state index in [9.17, 15) is 14.4 Å². The number of aromatic nitrogens is 1. The van der Waals surface area contributed by atoms with Crippen molar-refractivity contribution in [2.24, 2.45) is 0 Å². The number of carbonyl (C=O) groups is 2. The van der Waals surface area contributed by atoms with Gasteiger partial charge in [-0.2, -0.15) is 0 Å². The van der Waals surface area contributed by atoms with Crippen LogP contribution in [0.5, 0.6) is 0 Å². The zero-order valence-corrected chi connectivity index (χ0v) is 14.0. The van der Waals surface area contributed by atoms with Crippen LogP contribution in [-0.4, -0.2) is 16.9 Å². The predicted molar refractivity (Wildman–Crippen MR) is 87.6 cm³/mol. The van der Waals surface area contributed by atoms with Gasteiger partial charge in [0.1, 0.15) is 11.5 Å². The summed E-state index contributed by atoms with van der Waals surface area (Å²) < 4.78 is 5.26. The first-order valence-corrected chi connectivity index (χ1v) is 7.38. The topological polar surface area (TPSA) is 116 Å². The highest BCUT2D eigenvalue weighted by molar-refractivity contribution is 5.96. The lowest BCUT2D eigenvalue weighted by molar-refractivity contribution is 0.0934. The van der Waals surface area contributed by atoms with Crippen LogP contribution in [0.2, 0.25) is 0 Å². The fraction of sp³-hybridized carbons (Fsp3) is 0.312. The van der Waals surface area contributed by atoms with Gasteiger partial charge in [-0.05, 0) is 45.4 Å². The zero-order chi connectivity index (χ0) is 17.9. The van der Waals surface area contributed by atoms with Crippen molar-refractivity contribution in [1.82, 2.24) is 21.2 Å². The summed E-state index contributed by atoms with van der Waals surface area (Å²) in [4.78, 5) is 38.2. The Kier molecular flexibility index (Phi) is 5.08. The van der Waals surface area contributed by atoms with Gasteiger partial charge in [0.15, 0.2) is 0 Å². The molecule has 0 bridgehead atoms. The molecule has 2 rings (SSSR count). The maximum absolute atomic E-state index is 11.9. The first-order chi connectivity index (χ1) is 11.3. The molecule has 24 heavy (non-hydrogen) atoms. The summed E-state index contributed by atoms with van der Waals surface area (Å²) >= 11 is 0. The number of hydrogen-bond donors (Lipinski definition) is 4. The molecule has 0 atom stereocenters. The van der Waals surface area contributed by atoms with Crippen LogP contribution in [0.25, 0.3) is 0 Å². The van der Waals surface area contributed by atoms with E-state index in [0.717, 1.165) is 11.3 Å². The van der Waals surface area contributed by atoms with Crippen molar-refractivity contribution in [2.45, 2.75) is 34.2 Å². The van der Waals surface area contributed by atoms with E-state index in [1.807, 2.05) is 6.07 Å². The van der Waals surface area contributed by atoms with Gasteiger partial charge in [-0.25, -0.2) is 10.2 Å². The van der Waals surface area contributed by atoms with Crippen molar-refractivity contribution in [3.05, 3.63) is 56.4 Å². The molecule has 4 N–H and O–H groups in total. The molecule has 0 radical (unpaired) electrons. The van der Waals surface area contributed by atoms with Crippen molar-refractivity contribution in [1.29, 1.82) is 0 Å². The minimum absolute atomic E-state index is 0.0486. The van der Waals surface area contributed by atoms with Crippen molar-refractivity contribution in [3.63, 3.8) is 0 Å². The summed E-state index contributed by atoms with van der Waals surface area (Å²) in [5.74, 6) is 0.592. The first kappa shape index (κ1) is 17.3. The molecule has 0 aliphatic carbocycles. The lowest BCUT2D eigenvalue weighted by Gasteiger charge is -2.10. The average Bonchev–Trinajstić information content (AvgIpc) is 2.82. The standard InChI is InChI=1S/C16H20N4O4/c1-8-5-9(2)18-14(21)13(8)7-17-16(23)20-19-15(22)12-6-10(3)24-11(12)4/h5-6H,7H2,1-4H3,(H,18,21)(H,19,22)(H2,17,20,23). The van der Waals surface area contributed by atoms with Gasteiger partial charge in [0, 0.05) is 11.3 Å². The fourth-order valence-corrected chi connectivity index (χ4v) is 2.35. The molecule has 8 heteroatoms. The van der Waals surface area contributed by atoms with E-state index in [1.54, 1.807) is 33.8 Å². The minimum atomic E-state index is -0.624. The van der Waals surface area contributed by atoms with E-state index in [4.69, 9.17) is 4.42 Å². The number of hydrogen-bond acceptors (Lipinski definition) is 4. The van der Waals surface area contributed by atoms with Gasteiger partial charge in [0.05, 0.1) is 12.1 Å². The number of pyridine rings is 1. The van der Waals surface area contributed by atoms with E-state index in [0.29, 0.717) is 22.6 Å². The number of carbonyl (C=O) groups excluding carboxylic acids is 2. The highest BCUT2D eigenvalue weighted by Gasteiger charge is 2.14. The first-order valence-electron chi connectivity index (χ1n) is 7.38. The molecule has 8 nitrogen and oxygen atoms in total. The largest absolute Gasteiger partial charge is 0.466 e. The number of H-pyrrole nitrogens is 1. The van der Waals surface area contributed by atoms with E-state index < -0.39 is 11.9 Å². The molecule has 0 aliphatic rings. The molecule has 0 aliphatic heterocycles. The smallest absolute Gasteiger partial charge is 0.333 e. The summed E-state index contributed by atoms with van der Waals surface area (Å²) in [6.07, 6.45) is 0. The van der Waals surface area contributed by atoms with Gasteiger partial charge < -0.3 is 14.7 Å². The van der Waals surface area contributed by atoms with Crippen LogP contribution in [0.1, 0.15) is 38.7 Å². The second-order valence-electron chi connectivity index (χ2n) is 5.53. The molecule has 3 amide bonds. The highest BCUT2D eigenvalue weighted by atomic mass is 16.3. The summed E-state index contributed by atoms with van der Waals surface area (Å²) in [6, 6.07) is 2.78. The predicted octanol–water partition coefficient (Wildman–Crippen LogP) is 1.35. The molecule has 2 aromatic rings. The van der Waals surface area contributed by atoms with Crippen molar-refractivity contribution in [2.75, 3.05) is 0 Å². The molecule has 2 aromatic heterocycles. The third-order valence-corrected chi connectivity index (χ3v) is 3.49. The molecule has 0 saturated heterocycles. The fourth-order valence-electron chi connectivity index (χ4n) is 2.35. The Morgan fingerprint density at radius 2 is 1.83 bits per heavy atom. The highest BCUT2D eigenvalue weighted by Crippen LogP contribution is 2.12. The number of urea groups is 1. The number of hydrazine groups is 1. The Balaban J connectivity index is 1.89. The molecule has 0 fully saturated rings. The van der Waals surface area contributed by atoms with Crippen LogP contribution in [0, 0.1) is 27.7 Å². The number of nitrogens with one attached hydrogen (secondary N) is 4. The number of furan rings is 1. The SMILES string of the molecule is Cc1cc(C)c(CNC(=O)NNC(=O)c2cc(C)oc2C)c(=O)[nH]1. The Morgan fingerprint density at radius 3 is 2.42 bits per heavy atom. The van der Waals surface area contributed by atoms with E-state index in [2.05, 4.69) is 21.2 Å². The third-order valence-electron chi connectivity index (χ3n) is 3.49. The average molecular weight is 332 g/mol.